The molecule has 0 radical (unpaired) electrons. The highest BCUT2D eigenvalue weighted by Gasteiger charge is 2.51. The lowest BCUT2D eigenvalue weighted by Crippen LogP contribution is -2.51. The maximum absolute atomic E-state index is 12.9. The zero-order valence-electron chi connectivity index (χ0n) is 32.9. The Bertz CT molecular complexity index is 634. The van der Waals surface area contributed by atoms with Gasteiger partial charge < -0.3 is 8.85 Å². The Labute approximate surface area is 296 Å². The number of hydrogen-bond donors (Lipinski definition) is 0. The van der Waals surface area contributed by atoms with Crippen LogP contribution in [-0.4, -0.2) is 20.5 Å². The monoisotopic (exact) mass is 681 g/mol. The van der Waals surface area contributed by atoms with Crippen molar-refractivity contribution in [2.45, 2.75) is 258 Å². The highest BCUT2D eigenvalue weighted by Crippen LogP contribution is 2.35. The van der Waals surface area contributed by atoms with Crippen LogP contribution in [0.3, 0.4) is 0 Å². The zero-order valence-corrected chi connectivity index (χ0v) is 33.9. The van der Waals surface area contributed by atoms with E-state index in [9.17, 15) is 9.59 Å². The van der Waals surface area contributed by atoms with E-state index in [-0.39, 0.29) is 23.0 Å². The predicted octanol–water partition coefficient (Wildman–Crippen LogP) is 14.9. The number of hydrogen-bond acceptors (Lipinski definition) is 4. The highest BCUT2D eigenvalue weighted by molar-refractivity contribution is 6.73. The lowest BCUT2D eigenvalue weighted by molar-refractivity contribution is -0.142. The van der Waals surface area contributed by atoms with Gasteiger partial charge in [0.2, 0.25) is 0 Å². The molecule has 0 aliphatic carbocycles. The molecule has 4 nitrogen and oxygen atoms in total. The Morgan fingerprint density at radius 2 is 0.553 bits per heavy atom. The van der Waals surface area contributed by atoms with E-state index in [2.05, 4.69) is 13.8 Å². The Hall–Kier alpha value is -0.843. The first-order chi connectivity index (χ1) is 22.8. The van der Waals surface area contributed by atoms with Crippen molar-refractivity contribution < 1.29 is 18.4 Å². The summed E-state index contributed by atoms with van der Waals surface area (Å²) in [5, 5.41) is 0. The van der Waals surface area contributed by atoms with Gasteiger partial charge in [-0.3, -0.25) is 9.59 Å². The van der Waals surface area contributed by atoms with Crippen LogP contribution in [0.2, 0.25) is 11.1 Å². The summed E-state index contributed by atoms with van der Waals surface area (Å²) in [6.45, 7) is 12.8. The summed E-state index contributed by atoms with van der Waals surface area (Å²) in [5.74, 6) is -0.345. The van der Waals surface area contributed by atoms with Crippen LogP contribution in [0.15, 0.2) is 0 Å². The fourth-order valence-corrected chi connectivity index (χ4v) is 10.1. The van der Waals surface area contributed by atoms with Gasteiger partial charge in [0.05, 0.1) is 0 Å². The lowest BCUT2D eigenvalue weighted by Gasteiger charge is -2.35. The smallest absolute Gasteiger partial charge is 0.469 e. The minimum absolute atomic E-state index is 0.0394. The molecule has 280 valence electrons. The molecule has 0 saturated heterocycles. The van der Waals surface area contributed by atoms with Crippen LogP contribution in [0, 0.1) is 0 Å². The van der Waals surface area contributed by atoms with Crippen LogP contribution in [0.5, 0.6) is 0 Å². The quantitative estimate of drug-likeness (QED) is 0.0488. The van der Waals surface area contributed by atoms with E-state index >= 15 is 0 Å². The van der Waals surface area contributed by atoms with E-state index in [0.717, 1.165) is 25.7 Å². The van der Waals surface area contributed by atoms with E-state index in [4.69, 9.17) is 8.85 Å². The predicted molar refractivity (Wildman–Crippen MR) is 207 cm³/mol. The number of unbranched alkanes of at least 4 members (excludes halogenated alkanes) is 28. The molecule has 0 fully saturated rings. The number of carbonyl (C=O) groups is 2. The van der Waals surface area contributed by atoms with Crippen molar-refractivity contribution in [3.05, 3.63) is 0 Å². The molecule has 0 aliphatic rings. The highest BCUT2D eigenvalue weighted by atomic mass is 28.4. The average molecular weight is 681 g/mol. The molecule has 0 amide bonds. The normalized spacial score (nSPS) is 11.9. The molecule has 0 aromatic heterocycles. The van der Waals surface area contributed by atoms with Crippen LogP contribution in [0.4, 0.5) is 0 Å². The third kappa shape index (κ3) is 27.6. The van der Waals surface area contributed by atoms with Crippen molar-refractivity contribution in [2.75, 3.05) is 0 Å². The molecule has 0 saturated carbocycles. The van der Waals surface area contributed by atoms with Gasteiger partial charge >= 0.3 is 8.56 Å². The molecule has 0 spiro atoms. The largest absolute Gasteiger partial charge is 0.484 e. The summed E-state index contributed by atoms with van der Waals surface area (Å²) in [4.78, 5) is 25.8. The van der Waals surface area contributed by atoms with Crippen LogP contribution in [0.25, 0.3) is 0 Å². The van der Waals surface area contributed by atoms with Gasteiger partial charge in [0.25, 0.3) is 11.9 Å². The Morgan fingerprint density at radius 1 is 0.362 bits per heavy atom. The molecule has 0 unspecified atom stereocenters. The number of rotatable bonds is 36. The Balaban J connectivity index is 4.01. The summed E-state index contributed by atoms with van der Waals surface area (Å²) >= 11 is 0. The van der Waals surface area contributed by atoms with E-state index in [1.165, 1.54) is 167 Å². The summed E-state index contributed by atoms with van der Waals surface area (Å²) in [7, 11) is -2.99. The van der Waals surface area contributed by atoms with Crippen molar-refractivity contribution in [1.82, 2.24) is 0 Å². The molecule has 0 aliphatic heterocycles. The zero-order chi connectivity index (χ0) is 34.9. The van der Waals surface area contributed by atoms with Gasteiger partial charge in [-0.05, 0) is 12.8 Å². The van der Waals surface area contributed by atoms with E-state index in [1.807, 2.05) is 27.7 Å². The molecule has 0 atom stereocenters. The molecule has 0 aromatic carbocycles. The Morgan fingerprint density at radius 3 is 0.745 bits per heavy atom. The minimum atomic E-state index is -2.99. The van der Waals surface area contributed by atoms with Crippen LogP contribution >= 0.6 is 0 Å². The van der Waals surface area contributed by atoms with Crippen LogP contribution in [0.1, 0.15) is 247 Å². The van der Waals surface area contributed by atoms with Crippen molar-refractivity contribution in [3.8, 4) is 0 Å². The minimum Gasteiger partial charge on any atom is -0.484 e. The van der Waals surface area contributed by atoms with Crippen molar-refractivity contribution >= 4 is 20.5 Å². The van der Waals surface area contributed by atoms with E-state index in [1.54, 1.807) is 0 Å². The fraction of sp³-hybridized carbons (Fsp3) is 0.952. The van der Waals surface area contributed by atoms with Gasteiger partial charge in [0.1, 0.15) is 0 Å². The van der Waals surface area contributed by atoms with Crippen LogP contribution in [-0.2, 0) is 18.4 Å². The third-order valence-corrected chi connectivity index (χ3v) is 14.4. The topological polar surface area (TPSA) is 52.6 Å². The molecule has 0 N–H and O–H groups in total. The lowest BCUT2D eigenvalue weighted by atomic mass is 10.0. The van der Waals surface area contributed by atoms with Crippen molar-refractivity contribution in [3.63, 3.8) is 0 Å². The number of carbonyl (C=O) groups excluding carboxylic acids is 2. The molecule has 5 heteroatoms. The Kier molecular flexibility index (Phi) is 33.0. The molecule has 0 bridgehead atoms. The fourth-order valence-electron chi connectivity index (χ4n) is 6.90. The van der Waals surface area contributed by atoms with Gasteiger partial charge in [-0.25, -0.2) is 0 Å². The SMILES string of the molecule is CCCCCCCCCCCCCCCCCC(=O)O[Si](OC(=O)CCCCCCCCCCCCCCCCC)(C(C)C)C(C)C. The summed E-state index contributed by atoms with van der Waals surface area (Å²) in [6, 6.07) is 0. The summed E-state index contributed by atoms with van der Waals surface area (Å²) in [6.07, 6.45) is 40.1. The van der Waals surface area contributed by atoms with E-state index in [0.29, 0.717) is 12.8 Å². The average Bonchev–Trinajstić information content (AvgIpc) is 3.04. The summed E-state index contributed by atoms with van der Waals surface area (Å²) < 4.78 is 12.3. The first-order valence-corrected chi connectivity index (χ1v) is 23.2. The molecular formula is C42H84O4Si. The van der Waals surface area contributed by atoms with Gasteiger partial charge in [-0.1, -0.05) is 221 Å². The van der Waals surface area contributed by atoms with Gasteiger partial charge in [0.15, 0.2) is 0 Å². The second kappa shape index (κ2) is 33.6. The van der Waals surface area contributed by atoms with Crippen molar-refractivity contribution in [2.24, 2.45) is 0 Å². The molecule has 0 rings (SSSR count). The van der Waals surface area contributed by atoms with Gasteiger partial charge in [-0.15, -0.1) is 0 Å². The second-order valence-corrected chi connectivity index (χ2v) is 19.5. The molecule has 0 heterocycles. The third-order valence-electron chi connectivity index (χ3n) is 10.1. The maximum atomic E-state index is 12.9. The first kappa shape index (κ1) is 46.2. The van der Waals surface area contributed by atoms with E-state index < -0.39 is 8.56 Å². The molecular weight excluding hydrogens is 597 g/mol. The molecule has 47 heavy (non-hydrogen) atoms. The van der Waals surface area contributed by atoms with Gasteiger partial charge in [0, 0.05) is 23.9 Å². The van der Waals surface area contributed by atoms with Crippen molar-refractivity contribution in [1.29, 1.82) is 0 Å². The first-order valence-electron chi connectivity index (χ1n) is 21.2. The van der Waals surface area contributed by atoms with Gasteiger partial charge in [-0.2, -0.15) is 0 Å². The standard InChI is InChI=1S/C42H84O4Si/c1-7-9-11-13-15-17-19-21-23-25-27-29-31-33-35-37-41(43)45-47(39(3)4,40(5)6)46-42(44)38-36-34-32-30-28-26-24-22-20-18-16-14-12-10-8-2/h39-40H,7-38H2,1-6H3. The second-order valence-electron chi connectivity index (χ2n) is 15.4. The van der Waals surface area contributed by atoms with Crippen LogP contribution < -0.4 is 0 Å². The molecule has 0 aromatic rings. The maximum Gasteiger partial charge on any atom is 0.469 e. The summed E-state index contributed by atoms with van der Waals surface area (Å²) in [5.41, 5.74) is 0.0787.